The molecule has 1 amide bonds. The third-order valence-corrected chi connectivity index (χ3v) is 10.3. The third kappa shape index (κ3) is 5.88. The molecule has 6 rings (SSSR count). The number of aliphatic hydroxyl groups excluding tert-OH is 1. The van der Waals surface area contributed by atoms with Gasteiger partial charge >= 0.3 is 0 Å². The van der Waals surface area contributed by atoms with E-state index in [4.69, 9.17) is 14.5 Å². The van der Waals surface area contributed by atoms with Gasteiger partial charge in [-0.05, 0) is 69.2 Å². The Morgan fingerprint density at radius 3 is 2.63 bits per heavy atom. The molecule has 0 radical (unpaired) electrons. The fourth-order valence-electron chi connectivity index (χ4n) is 6.02. The van der Waals surface area contributed by atoms with Gasteiger partial charge in [-0.25, -0.2) is 18.1 Å². The molecule has 41 heavy (non-hydrogen) atoms. The second-order valence-corrected chi connectivity index (χ2v) is 13.6. The summed E-state index contributed by atoms with van der Waals surface area (Å²) in [4.78, 5) is 22.8. The third-order valence-electron chi connectivity index (χ3n) is 8.70. The average Bonchev–Trinajstić information content (AvgIpc) is 3.53. The van der Waals surface area contributed by atoms with E-state index in [0.29, 0.717) is 61.0 Å². The smallest absolute Gasteiger partial charge is 0.274 e. The number of carbonyl (C=O) groups is 1. The number of fused-ring (bicyclic) bond motifs is 1. The summed E-state index contributed by atoms with van der Waals surface area (Å²) in [6, 6.07) is 5.93. The number of amides is 1. The summed E-state index contributed by atoms with van der Waals surface area (Å²) >= 11 is 0. The van der Waals surface area contributed by atoms with E-state index < -0.39 is 16.1 Å². The molecule has 2 atom stereocenters. The number of hydrogen-bond donors (Lipinski definition) is 3. The van der Waals surface area contributed by atoms with E-state index in [-0.39, 0.29) is 23.5 Å². The predicted octanol–water partition coefficient (Wildman–Crippen LogP) is 2.53. The first-order chi connectivity index (χ1) is 19.7. The lowest BCUT2D eigenvalue weighted by atomic mass is 9.93. The molecule has 1 saturated carbocycles. The maximum Gasteiger partial charge on any atom is 0.274 e. The summed E-state index contributed by atoms with van der Waals surface area (Å²) in [6.07, 6.45) is 5.35. The van der Waals surface area contributed by atoms with E-state index >= 15 is 0 Å². The highest BCUT2D eigenvalue weighted by atomic mass is 32.2. The van der Waals surface area contributed by atoms with E-state index in [2.05, 4.69) is 19.8 Å². The molecule has 1 aromatic carbocycles. The summed E-state index contributed by atoms with van der Waals surface area (Å²) < 4.78 is 40.2. The largest absolute Gasteiger partial charge is 0.489 e. The van der Waals surface area contributed by atoms with Crippen molar-refractivity contribution in [1.82, 2.24) is 9.71 Å². The number of benzene rings is 1. The van der Waals surface area contributed by atoms with Crippen LogP contribution in [0.15, 0.2) is 29.2 Å². The van der Waals surface area contributed by atoms with Gasteiger partial charge in [-0.15, -0.1) is 0 Å². The van der Waals surface area contributed by atoms with Gasteiger partial charge in [0.05, 0.1) is 42.2 Å². The fraction of sp³-hybridized carbons (Fsp3) is 0.586. The number of rotatable bonds is 8. The van der Waals surface area contributed by atoms with Crippen molar-refractivity contribution in [1.29, 1.82) is 0 Å². The quantitative estimate of drug-likeness (QED) is 0.427. The molecule has 11 nitrogen and oxygen atoms in total. The number of nitrogens with zero attached hydrogens (tertiary/aromatic N) is 3. The zero-order chi connectivity index (χ0) is 28.8. The van der Waals surface area contributed by atoms with E-state index in [0.717, 1.165) is 37.2 Å². The van der Waals surface area contributed by atoms with Crippen LogP contribution in [0.1, 0.15) is 55.6 Å². The van der Waals surface area contributed by atoms with Gasteiger partial charge in [0.15, 0.2) is 11.6 Å². The Bertz CT molecular complexity index is 1420. The Morgan fingerprint density at radius 2 is 1.93 bits per heavy atom. The Kier molecular flexibility index (Phi) is 7.60. The van der Waals surface area contributed by atoms with Gasteiger partial charge in [0.2, 0.25) is 10.0 Å². The molecular weight excluding hydrogens is 546 g/mol. The van der Waals surface area contributed by atoms with Crippen molar-refractivity contribution in [3.05, 3.63) is 35.5 Å². The first kappa shape index (κ1) is 28.2. The number of piperidine rings is 1. The Labute approximate surface area is 241 Å². The second kappa shape index (κ2) is 11.0. The standard InChI is InChI=1S/C29H39N5O6S/c1-19(18-35)32-41(37,38)22-3-4-23(25(16-22)33-10-8-29(6-7-29)9-11-33)31-28(36)24-15-21-5-13-40-26(21)27(30-24)34-12-14-39-20(2)17-34/h3-4,15-16,19-20,32,35H,5-14,17-18H2,1-2H3,(H,31,36)/t19-,20+/m0/s1. The minimum absolute atomic E-state index is 0.0478. The number of nitrogens with one attached hydrogen (secondary N) is 2. The maximum atomic E-state index is 13.7. The molecule has 12 heteroatoms. The van der Waals surface area contributed by atoms with E-state index in [1.807, 2.05) is 6.92 Å². The lowest BCUT2D eigenvalue weighted by Crippen LogP contribution is -2.41. The average molecular weight is 586 g/mol. The SMILES string of the molecule is C[C@@H]1CN(c2nc(C(=O)Nc3ccc(S(=O)(=O)N[C@@H](C)CO)cc3N3CCC4(CC3)CC4)cc3c2OCC3)CCO1. The van der Waals surface area contributed by atoms with E-state index in [1.165, 1.54) is 18.9 Å². The van der Waals surface area contributed by atoms with Crippen molar-refractivity contribution < 1.29 is 27.8 Å². The number of pyridine rings is 1. The molecule has 3 fully saturated rings. The Balaban J connectivity index is 1.31. The van der Waals surface area contributed by atoms with Crippen LogP contribution in [0.4, 0.5) is 17.2 Å². The first-order valence-corrected chi connectivity index (χ1v) is 16.0. The van der Waals surface area contributed by atoms with Crippen LogP contribution in [-0.4, -0.2) is 82.6 Å². The van der Waals surface area contributed by atoms with E-state index in [9.17, 15) is 18.3 Å². The van der Waals surface area contributed by atoms with Gasteiger partial charge in [0.1, 0.15) is 5.69 Å². The first-order valence-electron chi connectivity index (χ1n) is 14.5. The van der Waals surface area contributed by atoms with Gasteiger partial charge in [-0.3, -0.25) is 4.79 Å². The van der Waals surface area contributed by atoms with Crippen molar-refractivity contribution in [3.63, 3.8) is 0 Å². The van der Waals surface area contributed by atoms with Crippen molar-refractivity contribution in [2.45, 2.75) is 63.0 Å². The molecule has 3 N–H and O–H groups in total. The minimum Gasteiger partial charge on any atom is -0.489 e. The van der Waals surface area contributed by atoms with Crippen LogP contribution in [0.2, 0.25) is 0 Å². The minimum atomic E-state index is -3.86. The molecule has 3 aliphatic heterocycles. The Morgan fingerprint density at radius 1 is 1.15 bits per heavy atom. The molecule has 2 aromatic rings. The second-order valence-electron chi connectivity index (χ2n) is 11.9. The summed E-state index contributed by atoms with van der Waals surface area (Å²) in [6.45, 7) is 7.35. The Hall–Kier alpha value is -2.93. The molecule has 1 spiro atoms. The van der Waals surface area contributed by atoms with E-state index in [1.54, 1.807) is 25.1 Å². The predicted molar refractivity (Wildman–Crippen MR) is 155 cm³/mol. The zero-order valence-electron chi connectivity index (χ0n) is 23.7. The molecular formula is C29H39N5O6S. The van der Waals surface area contributed by atoms with Gasteiger partial charge in [-0.2, -0.15) is 0 Å². The van der Waals surface area contributed by atoms with Crippen LogP contribution in [0.3, 0.4) is 0 Å². The van der Waals surface area contributed by atoms with Crippen LogP contribution in [0.5, 0.6) is 5.75 Å². The number of sulfonamides is 1. The summed E-state index contributed by atoms with van der Waals surface area (Å²) in [5.41, 5.74) is 2.89. The van der Waals surface area contributed by atoms with Gasteiger partial charge in [-0.1, -0.05) is 0 Å². The molecule has 1 aromatic heterocycles. The van der Waals surface area contributed by atoms with Crippen LogP contribution in [-0.2, 0) is 21.2 Å². The zero-order valence-corrected chi connectivity index (χ0v) is 24.5. The van der Waals surface area contributed by atoms with Crippen LogP contribution in [0.25, 0.3) is 0 Å². The summed E-state index contributed by atoms with van der Waals surface area (Å²) in [5.74, 6) is 1.04. The lowest BCUT2D eigenvalue weighted by molar-refractivity contribution is 0.0527. The summed E-state index contributed by atoms with van der Waals surface area (Å²) in [5, 5.41) is 12.4. The molecule has 4 heterocycles. The summed E-state index contributed by atoms with van der Waals surface area (Å²) in [7, 11) is -3.86. The highest BCUT2D eigenvalue weighted by Crippen LogP contribution is 2.54. The van der Waals surface area contributed by atoms with Crippen molar-refractivity contribution in [2.24, 2.45) is 5.41 Å². The van der Waals surface area contributed by atoms with Crippen LogP contribution in [0, 0.1) is 5.41 Å². The number of anilines is 3. The van der Waals surface area contributed by atoms with Crippen molar-refractivity contribution in [3.8, 4) is 5.75 Å². The number of aliphatic hydroxyl groups is 1. The van der Waals surface area contributed by atoms with Crippen molar-refractivity contribution >= 4 is 33.1 Å². The number of ether oxygens (including phenoxy) is 2. The molecule has 0 unspecified atom stereocenters. The molecule has 0 bridgehead atoms. The number of carbonyl (C=O) groups excluding carboxylic acids is 1. The highest BCUT2D eigenvalue weighted by molar-refractivity contribution is 7.89. The number of hydrogen-bond acceptors (Lipinski definition) is 9. The maximum absolute atomic E-state index is 13.7. The lowest BCUT2D eigenvalue weighted by Gasteiger charge is -2.35. The van der Waals surface area contributed by atoms with Crippen LogP contribution >= 0.6 is 0 Å². The number of aromatic nitrogens is 1. The van der Waals surface area contributed by atoms with Gasteiger partial charge in [0.25, 0.3) is 5.91 Å². The topological polar surface area (TPSA) is 133 Å². The molecule has 4 aliphatic rings. The molecule has 1 aliphatic carbocycles. The van der Waals surface area contributed by atoms with Crippen molar-refractivity contribution in [2.75, 3.05) is 61.1 Å². The normalized spacial score (nSPS) is 22.3. The highest BCUT2D eigenvalue weighted by Gasteiger charge is 2.44. The monoisotopic (exact) mass is 585 g/mol. The van der Waals surface area contributed by atoms with Gasteiger partial charge < -0.3 is 29.7 Å². The van der Waals surface area contributed by atoms with Gasteiger partial charge in [0, 0.05) is 44.2 Å². The number of morpholine rings is 1. The molecule has 222 valence electrons. The molecule has 2 saturated heterocycles. The van der Waals surface area contributed by atoms with Crippen LogP contribution < -0.4 is 24.6 Å². The fourth-order valence-corrected chi connectivity index (χ4v) is 7.27.